The number of anilines is 1. The van der Waals surface area contributed by atoms with Gasteiger partial charge in [0.15, 0.2) is 11.5 Å². The quantitative estimate of drug-likeness (QED) is 0.743. The highest BCUT2D eigenvalue weighted by atomic mass is 16.5. The van der Waals surface area contributed by atoms with Gasteiger partial charge in [0, 0.05) is 18.2 Å². The molecule has 138 valence electrons. The van der Waals surface area contributed by atoms with Gasteiger partial charge < -0.3 is 24.8 Å². The number of carbonyl (C=O) groups excluding carboxylic acids is 2. The number of esters is 1. The zero-order chi connectivity index (χ0) is 18.9. The zero-order valence-electron chi connectivity index (χ0n) is 14.9. The van der Waals surface area contributed by atoms with Gasteiger partial charge in [0.1, 0.15) is 6.04 Å². The summed E-state index contributed by atoms with van der Waals surface area (Å²) in [5.74, 6) is 0.519. The number of ether oxygens (including phenoxy) is 3. The van der Waals surface area contributed by atoms with Gasteiger partial charge >= 0.3 is 12.0 Å². The van der Waals surface area contributed by atoms with E-state index in [1.54, 1.807) is 18.2 Å². The van der Waals surface area contributed by atoms with E-state index in [0.717, 1.165) is 5.56 Å². The van der Waals surface area contributed by atoms with Crippen molar-refractivity contribution < 1.29 is 23.8 Å². The van der Waals surface area contributed by atoms with Crippen molar-refractivity contribution in [3.8, 4) is 11.5 Å². The van der Waals surface area contributed by atoms with Crippen LogP contribution in [-0.2, 0) is 16.0 Å². The molecule has 0 bridgehead atoms. The average molecular weight is 358 g/mol. The molecule has 0 heterocycles. The molecular formula is C19H22N2O5. The number of carbonyl (C=O) groups is 2. The lowest BCUT2D eigenvalue weighted by Crippen LogP contribution is -2.45. The molecule has 0 aliphatic heterocycles. The van der Waals surface area contributed by atoms with Crippen LogP contribution in [0.3, 0.4) is 0 Å². The molecule has 1 atom stereocenters. The van der Waals surface area contributed by atoms with Crippen LogP contribution in [0, 0.1) is 0 Å². The van der Waals surface area contributed by atoms with Crippen LogP contribution in [-0.4, -0.2) is 39.4 Å². The molecule has 2 aromatic carbocycles. The average Bonchev–Trinajstić information content (AvgIpc) is 2.67. The second kappa shape index (κ2) is 9.31. The Balaban J connectivity index is 2.06. The van der Waals surface area contributed by atoms with E-state index >= 15 is 0 Å². The first-order chi connectivity index (χ1) is 12.6. The van der Waals surface area contributed by atoms with Crippen molar-refractivity contribution >= 4 is 17.7 Å². The number of methoxy groups -OCH3 is 3. The fraction of sp³-hybridized carbons (Fsp3) is 0.263. The van der Waals surface area contributed by atoms with E-state index in [9.17, 15) is 9.59 Å². The molecule has 2 amide bonds. The lowest BCUT2D eigenvalue weighted by molar-refractivity contribution is -0.142. The van der Waals surface area contributed by atoms with Crippen molar-refractivity contribution in [3.05, 3.63) is 54.1 Å². The van der Waals surface area contributed by atoms with Gasteiger partial charge in [-0.25, -0.2) is 9.59 Å². The predicted molar refractivity (Wildman–Crippen MR) is 97.7 cm³/mol. The number of rotatable bonds is 7. The van der Waals surface area contributed by atoms with Crippen LogP contribution < -0.4 is 20.1 Å². The monoisotopic (exact) mass is 358 g/mol. The normalized spacial score (nSPS) is 11.2. The summed E-state index contributed by atoms with van der Waals surface area (Å²) in [5, 5.41) is 5.30. The first kappa shape index (κ1) is 19.1. The Hall–Kier alpha value is -3.22. The number of hydrogen-bond donors (Lipinski definition) is 2. The first-order valence-corrected chi connectivity index (χ1v) is 7.98. The van der Waals surface area contributed by atoms with Crippen LogP contribution in [0.1, 0.15) is 5.56 Å². The van der Waals surface area contributed by atoms with Crippen LogP contribution in [0.25, 0.3) is 0 Å². The minimum Gasteiger partial charge on any atom is -0.493 e. The molecule has 0 aromatic heterocycles. The summed E-state index contributed by atoms with van der Waals surface area (Å²) in [4.78, 5) is 24.3. The molecule has 2 rings (SSSR count). The van der Waals surface area contributed by atoms with Crippen molar-refractivity contribution in [2.24, 2.45) is 0 Å². The van der Waals surface area contributed by atoms with E-state index in [-0.39, 0.29) is 0 Å². The molecule has 0 unspecified atom stereocenters. The third-order valence-corrected chi connectivity index (χ3v) is 3.72. The second-order valence-electron chi connectivity index (χ2n) is 5.43. The maximum Gasteiger partial charge on any atom is 0.328 e. The predicted octanol–water partition coefficient (Wildman–Crippen LogP) is 2.61. The lowest BCUT2D eigenvalue weighted by atomic mass is 10.1. The number of hydrogen-bond acceptors (Lipinski definition) is 5. The van der Waals surface area contributed by atoms with Gasteiger partial charge in [0.2, 0.25) is 0 Å². The van der Waals surface area contributed by atoms with E-state index in [0.29, 0.717) is 23.6 Å². The Labute approximate surface area is 152 Å². The Bertz CT molecular complexity index is 749. The van der Waals surface area contributed by atoms with Crippen molar-refractivity contribution in [1.29, 1.82) is 0 Å². The summed E-state index contributed by atoms with van der Waals surface area (Å²) in [6.07, 6.45) is 0.326. The Morgan fingerprint density at radius 3 is 2.27 bits per heavy atom. The number of nitrogens with one attached hydrogen (secondary N) is 2. The summed E-state index contributed by atoms with van der Waals surface area (Å²) in [7, 11) is 4.32. The number of benzene rings is 2. The van der Waals surface area contributed by atoms with Crippen LogP contribution in [0.2, 0.25) is 0 Å². The van der Waals surface area contributed by atoms with Gasteiger partial charge in [-0.1, -0.05) is 30.3 Å². The number of urea groups is 1. The van der Waals surface area contributed by atoms with Crippen molar-refractivity contribution in [2.45, 2.75) is 12.5 Å². The molecule has 0 fully saturated rings. The van der Waals surface area contributed by atoms with Gasteiger partial charge in [-0.3, -0.25) is 0 Å². The highest BCUT2D eigenvalue weighted by molar-refractivity contribution is 5.93. The smallest absolute Gasteiger partial charge is 0.328 e. The van der Waals surface area contributed by atoms with E-state index < -0.39 is 18.0 Å². The first-order valence-electron chi connectivity index (χ1n) is 7.98. The molecule has 2 aromatic rings. The highest BCUT2D eigenvalue weighted by Gasteiger charge is 2.22. The van der Waals surface area contributed by atoms with Gasteiger partial charge in [-0.15, -0.1) is 0 Å². The molecule has 0 aliphatic rings. The largest absolute Gasteiger partial charge is 0.493 e. The van der Waals surface area contributed by atoms with Gasteiger partial charge in [0.25, 0.3) is 0 Å². The third kappa shape index (κ3) is 5.14. The van der Waals surface area contributed by atoms with Crippen molar-refractivity contribution in [1.82, 2.24) is 5.32 Å². The van der Waals surface area contributed by atoms with E-state index in [1.165, 1.54) is 21.3 Å². The zero-order valence-corrected chi connectivity index (χ0v) is 14.9. The topological polar surface area (TPSA) is 85.9 Å². The minimum absolute atomic E-state index is 0.326. The van der Waals surface area contributed by atoms with Gasteiger partial charge in [0.05, 0.1) is 21.3 Å². The molecule has 7 nitrogen and oxygen atoms in total. The molecule has 2 N–H and O–H groups in total. The molecule has 0 saturated heterocycles. The SMILES string of the molecule is COC(=O)[C@@H](Cc1ccccc1)NC(=O)Nc1ccc(OC)c(OC)c1. The summed E-state index contributed by atoms with van der Waals surface area (Å²) < 4.78 is 15.1. The summed E-state index contributed by atoms with van der Waals surface area (Å²) in [6, 6.07) is 13.0. The van der Waals surface area contributed by atoms with E-state index in [4.69, 9.17) is 14.2 Å². The lowest BCUT2D eigenvalue weighted by Gasteiger charge is -2.17. The summed E-state index contributed by atoms with van der Waals surface area (Å²) in [5.41, 5.74) is 1.41. The fourth-order valence-corrected chi connectivity index (χ4v) is 2.42. The second-order valence-corrected chi connectivity index (χ2v) is 5.43. The maximum atomic E-state index is 12.3. The third-order valence-electron chi connectivity index (χ3n) is 3.72. The van der Waals surface area contributed by atoms with Gasteiger partial charge in [-0.05, 0) is 17.7 Å². The van der Waals surface area contributed by atoms with E-state index in [1.807, 2.05) is 30.3 Å². The van der Waals surface area contributed by atoms with E-state index in [2.05, 4.69) is 10.6 Å². The van der Waals surface area contributed by atoms with Crippen molar-refractivity contribution in [3.63, 3.8) is 0 Å². The van der Waals surface area contributed by atoms with Crippen LogP contribution in [0.15, 0.2) is 48.5 Å². The van der Waals surface area contributed by atoms with Crippen molar-refractivity contribution in [2.75, 3.05) is 26.6 Å². The molecule has 7 heteroatoms. The van der Waals surface area contributed by atoms with Crippen LogP contribution in [0.5, 0.6) is 11.5 Å². The van der Waals surface area contributed by atoms with Gasteiger partial charge in [-0.2, -0.15) is 0 Å². The molecule has 0 spiro atoms. The summed E-state index contributed by atoms with van der Waals surface area (Å²) in [6.45, 7) is 0. The Morgan fingerprint density at radius 2 is 1.65 bits per heavy atom. The Kier molecular flexibility index (Phi) is 6.84. The molecule has 26 heavy (non-hydrogen) atoms. The number of amides is 2. The fourth-order valence-electron chi connectivity index (χ4n) is 2.42. The molecule has 0 aliphatic carbocycles. The molecule has 0 saturated carbocycles. The molecule has 0 radical (unpaired) electrons. The van der Waals surface area contributed by atoms with Crippen LogP contribution >= 0.6 is 0 Å². The minimum atomic E-state index is -0.803. The standard InChI is InChI=1S/C19H22N2O5/c1-24-16-10-9-14(12-17(16)25-2)20-19(23)21-15(18(22)26-3)11-13-7-5-4-6-8-13/h4-10,12,15H,11H2,1-3H3,(H2,20,21,23)/t15-/m1/s1. The highest BCUT2D eigenvalue weighted by Crippen LogP contribution is 2.29. The molecular weight excluding hydrogens is 336 g/mol. The Morgan fingerprint density at radius 1 is 0.962 bits per heavy atom. The van der Waals surface area contributed by atoms with Crippen LogP contribution in [0.4, 0.5) is 10.5 Å². The summed E-state index contributed by atoms with van der Waals surface area (Å²) >= 11 is 0. The maximum absolute atomic E-state index is 12.3.